The Hall–Kier alpha value is -0.770. The predicted molar refractivity (Wildman–Crippen MR) is 40.5 cm³/mol. The molecule has 1 aliphatic heterocycles. The summed E-state index contributed by atoms with van der Waals surface area (Å²) in [7, 11) is 0. The number of rotatable bonds is 0. The van der Waals surface area contributed by atoms with Crippen molar-refractivity contribution < 1.29 is 4.79 Å². The van der Waals surface area contributed by atoms with Crippen molar-refractivity contribution in [2.24, 2.45) is 17.7 Å². The number of nitrogens with zero attached hydrogens (tertiary/aromatic N) is 1. The van der Waals surface area contributed by atoms with Crippen LogP contribution in [-0.2, 0) is 0 Å². The standard InChI is InChI=1S/C7H13N3O/c8-9-7(11)10-2-1-5-3-6(5)4-10/h5-6H,1-4,8H2,(H,9,11)/t5?,6-/m0/s1. The van der Waals surface area contributed by atoms with E-state index in [4.69, 9.17) is 5.84 Å². The monoisotopic (exact) mass is 155 g/mol. The number of nitrogens with two attached hydrogens (primary N) is 1. The van der Waals surface area contributed by atoms with Crippen LogP contribution in [0.2, 0.25) is 0 Å². The highest BCUT2D eigenvalue weighted by Gasteiger charge is 2.42. The van der Waals surface area contributed by atoms with Crippen LogP contribution in [0.15, 0.2) is 0 Å². The van der Waals surface area contributed by atoms with Gasteiger partial charge < -0.3 is 4.90 Å². The number of likely N-dealkylation sites (tertiary alicyclic amines) is 1. The van der Waals surface area contributed by atoms with Gasteiger partial charge in [-0.3, -0.25) is 5.43 Å². The number of piperidine rings is 1. The van der Waals surface area contributed by atoms with Crippen LogP contribution in [0.4, 0.5) is 4.79 Å². The molecular weight excluding hydrogens is 142 g/mol. The fourth-order valence-electron chi connectivity index (χ4n) is 1.86. The zero-order valence-corrected chi connectivity index (χ0v) is 6.42. The molecule has 0 bridgehead atoms. The highest BCUT2D eigenvalue weighted by atomic mass is 16.2. The van der Waals surface area contributed by atoms with Crippen LogP contribution in [0, 0.1) is 11.8 Å². The zero-order valence-electron chi connectivity index (χ0n) is 6.42. The second kappa shape index (κ2) is 2.37. The molecule has 1 saturated carbocycles. The van der Waals surface area contributed by atoms with Crippen molar-refractivity contribution in [2.75, 3.05) is 13.1 Å². The van der Waals surface area contributed by atoms with Gasteiger partial charge in [-0.05, 0) is 24.7 Å². The van der Waals surface area contributed by atoms with Crippen LogP contribution in [0.5, 0.6) is 0 Å². The van der Waals surface area contributed by atoms with Crippen molar-refractivity contribution in [1.29, 1.82) is 0 Å². The van der Waals surface area contributed by atoms with Crippen LogP contribution in [-0.4, -0.2) is 24.0 Å². The first-order valence-corrected chi connectivity index (χ1v) is 4.07. The lowest BCUT2D eigenvalue weighted by molar-refractivity contribution is 0.184. The normalized spacial score (nSPS) is 34.5. The highest BCUT2D eigenvalue weighted by molar-refractivity contribution is 5.73. The number of carbonyl (C=O) groups excluding carboxylic acids is 1. The van der Waals surface area contributed by atoms with E-state index < -0.39 is 0 Å². The van der Waals surface area contributed by atoms with E-state index in [1.165, 1.54) is 6.42 Å². The maximum absolute atomic E-state index is 11.0. The van der Waals surface area contributed by atoms with Gasteiger partial charge in [0, 0.05) is 13.1 Å². The largest absolute Gasteiger partial charge is 0.331 e. The van der Waals surface area contributed by atoms with Crippen LogP contribution in [0.3, 0.4) is 0 Å². The molecule has 4 nitrogen and oxygen atoms in total. The molecule has 2 amide bonds. The van der Waals surface area contributed by atoms with Crippen LogP contribution in [0.1, 0.15) is 12.8 Å². The Balaban J connectivity index is 1.89. The molecule has 1 unspecified atom stereocenters. The Morgan fingerprint density at radius 3 is 3.00 bits per heavy atom. The minimum absolute atomic E-state index is 0.129. The van der Waals surface area contributed by atoms with Gasteiger partial charge in [0.05, 0.1) is 0 Å². The number of hydrogen-bond acceptors (Lipinski definition) is 2. The van der Waals surface area contributed by atoms with Gasteiger partial charge in [0.25, 0.3) is 0 Å². The summed E-state index contributed by atoms with van der Waals surface area (Å²) in [5.41, 5.74) is 2.16. The van der Waals surface area contributed by atoms with Gasteiger partial charge in [-0.1, -0.05) is 0 Å². The summed E-state index contributed by atoms with van der Waals surface area (Å²) in [5.74, 6) is 6.71. The topological polar surface area (TPSA) is 58.4 Å². The molecule has 1 saturated heterocycles. The molecule has 1 heterocycles. The molecule has 0 aromatic rings. The lowest BCUT2D eigenvalue weighted by Gasteiger charge is -2.25. The molecule has 1 aliphatic carbocycles. The van der Waals surface area contributed by atoms with Crippen molar-refractivity contribution in [1.82, 2.24) is 10.3 Å². The van der Waals surface area contributed by atoms with Crippen molar-refractivity contribution in [2.45, 2.75) is 12.8 Å². The van der Waals surface area contributed by atoms with Crippen molar-refractivity contribution in [3.8, 4) is 0 Å². The highest BCUT2D eigenvalue weighted by Crippen LogP contribution is 2.44. The van der Waals surface area contributed by atoms with Gasteiger partial charge in [0.15, 0.2) is 0 Å². The van der Waals surface area contributed by atoms with Crippen LogP contribution in [0.25, 0.3) is 0 Å². The second-order valence-corrected chi connectivity index (χ2v) is 3.44. The minimum Gasteiger partial charge on any atom is -0.323 e. The quantitative estimate of drug-likeness (QED) is 0.292. The molecule has 0 aromatic carbocycles. The Labute approximate surface area is 65.7 Å². The Morgan fingerprint density at radius 2 is 2.36 bits per heavy atom. The number of hydrogen-bond donors (Lipinski definition) is 2. The summed E-state index contributed by atoms with van der Waals surface area (Å²) < 4.78 is 0. The average Bonchev–Trinajstić information content (AvgIpc) is 2.80. The first-order chi connectivity index (χ1) is 5.31. The van der Waals surface area contributed by atoms with Crippen LogP contribution >= 0.6 is 0 Å². The van der Waals surface area contributed by atoms with Gasteiger partial charge in [-0.25, -0.2) is 10.6 Å². The van der Waals surface area contributed by atoms with Gasteiger partial charge in [-0.15, -0.1) is 0 Å². The maximum atomic E-state index is 11.0. The Bertz CT molecular complexity index is 183. The van der Waals surface area contributed by atoms with Crippen molar-refractivity contribution in [3.63, 3.8) is 0 Å². The van der Waals surface area contributed by atoms with Gasteiger partial charge in [-0.2, -0.15) is 0 Å². The molecule has 3 N–H and O–H groups in total. The molecule has 0 aromatic heterocycles. The summed E-state index contributed by atoms with van der Waals surface area (Å²) >= 11 is 0. The summed E-state index contributed by atoms with van der Waals surface area (Å²) in [6, 6.07) is -0.129. The molecule has 0 spiro atoms. The van der Waals surface area contributed by atoms with Crippen molar-refractivity contribution >= 4 is 6.03 Å². The molecule has 2 rings (SSSR count). The summed E-state index contributed by atoms with van der Waals surface area (Å²) in [5, 5.41) is 0. The average molecular weight is 155 g/mol. The number of nitrogens with one attached hydrogen (secondary N) is 1. The molecule has 2 fully saturated rings. The van der Waals surface area contributed by atoms with E-state index in [0.29, 0.717) is 0 Å². The van der Waals surface area contributed by atoms with E-state index in [-0.39, 0.29) is 6.03 Å². The first kappa shape index (κ1) is 6.91. The van der Waals surface area contributed by atoms with Crippen LogP contribution < -0.4 is 11.3 Å². The second-order valence-electron chi connectivity index (χ2n) is 3.44. The minimum atomic E-state index is -0.129. The van der Waals surface area contributed by atoms with E-state index in [2.05, 4.69) is 5.43 Å². The molecular formula is C7H13N3O. The summed E-state index contributed by atoms with van der Waals surface area (Å²) in [6.07, 6.45) is 2.48. The van der Waals surface area contributed by atoms with Gasteiger partial charge in [0.2, 0.25) is 0 Å². The lowest BCUT2D eigenvalue weighted by atomic mass is 10.1. The number of amides is 2. The summed E-state index contributed by atoms with van der Waals surface area (Å²) in [4.78, 5) is 12.8. The maximum Gasteiger partial charge on any atom is 0.331 e. The van der Waals surface area contributed by atoms with Gasteiger partial charge in [0.1, 0.15) is 0 Å². The summed E-state index contributed by atoms with van der Waals surface area (Å²) in [6.45, 7) is 1.79. The van der Waals surface area contributed by atoms with E-state index >= 15 is 0 Å². The molecule has 62 valence electrons. The number of carbonyl (C=O) groups is 1. The third kappa shape index (κ3) is 1.18. The zero-order chi connectivity index (χ0) is 7.84. The Morgan fingerprint density at radius 1 is 1.55 bits per heavy atom. The lowest BCUT2D eigenvalue weighted by Crippen LogP contribution is -2.46. The van der Waals surface area contributed by atoms with Crippen molar-refractivity contribution in [3.05, 3.63) is 0 Å². The van der Waals surface area contributed by atoms with Gasteiger partial charge >= 0.3 is 6.03 Å². The van der Waals surface area contributed by atoms with E-state index in [0.717, 1.165) is 31.3 Å². The van der Waals surface area contributed by atoms with E-state index in [1.54, 1.807) is 4.90 Å². The third-order valence-electron chi connectivity index (χ3n) is 2.70. The number of fused-ring (bicyclic) bond motifs is 1. The SMILES string of the molecule is NNC(=O)N1CCC2C[C@H]2C1. The molecule has 4 heteroatoms. The van der Waals surface area contributed by atoms with E-state index in [1.807, 2.05) is 0 Å². The molecule has 2 aliphatic rings. The fraction of sp³-hybridized carbons (Fsp3) is 0.857. The third-order valence-corrected chi connectivity index (χ3v) is 2.70. The first-order valence-electron chi connectivity index (χ1n) is 4.07. The molecule has 0 radical (unpaired) electrons. The smallest absolute Gasteiger partial charge is 0.323 e. The Kier molecular flexibility index (Phi) is 1.49. The molecule has 11 heavy (non-hydrogen) atoms. The number of hydrazine groups is 1. The molecule has 2 atom stereocenters. The number of urea groups is 1. The predicted octanol–water partition coefficient (Wildman–Crippen LogP) is -0.0885. The fourth-order valence-corrected chi connectivity index (χ4v) is 1.86. The van der Waals surface area contributed by atoms with E-state index in [9.17, 15) is 4.79 Å².